The van der Waals surface area contributed by atoms with Crippen LogP contribution in [0, 0.1) is 18.3 Å². The average molecular weight is 206 g/mol. The Morgan fingerprint density at radius 2 is 2.00 bits per heavy atom. The van der Waals surface area contributed by atoms with Gasteiger partial charge in [0.1, 0.15) is 11.6 Å². The Kier molecular flexibility index (Phi) is 3.44. The molecule has 0 aliphatic rings. The lowest BCUT2D eigenvalue weighted by Crippen LogP contribution is -1.89. The van der Waals surface area contributed by atoms with Crippen molar-refractivity contribution in [1.82, 2.24) is 0 Å². The summed E-state index contributed by atoms with van der Waals surface area (Å²) < 4.78 is 0. The molecule has 1 aromatic carbocycles. The molecule has 0 amide bonds. The largest absolute Gasteiger partial charge is 0.275 e. The van der Waals surface area contributed by atoms with Crippen molar-refractivity contribution in [1.29, 1.82) is 5.26 Å². The summed E-state index contributed by atoms with van der Waals surface area (Å²) in [5, 5.41) is 7.86. The summed E-state index contributed by atoms with van der Waals surface area (Å²) in [6.07, 6.45) is 1.47. The van der Waals surface area contributed by atoms with Gasteiger partial charge in [0.25, 0.3) is 5.24 Å². The molecule has 0 heterocycles. The lowest BCUT2D eigenvalue weighted by atomic mass is 10.1. The molecule has 0 aliphatic heterocycles. The maximum atomic E-state index is 10.7. The highest BCUT2D eigenvalue weighted by Crippen LogP contribution is 2.09. The topological polar surface area (TPSA) is 40.9 Å². The van der Waals surface area contributed by atoms with Gasteiger partial charge in [-0.05, 0) is 30.2 Å². The molecule has 0 radical (unpaired) electrons. The number of carbonyl (C=O) groups is 1. The van der Waals surface area contributed by atoms with E-state index in [4.69, 9.17) is 16.9 Å². The molecule has 0 fully saturated rings. The van der Waals surface area contributed by atoms with Gasteiger partial charge in [-0.15, -0.1) is 0 Å². The third kappa shape index (κ3) is 2.72. The highest BCUT2D eigenvalue weighted by Gasteiger charge is 2.03. The Bertz CT molecular complexity index is 412. The first-order valence-corrected chi connectivity index (χ1v) is 4.39. The molecule has 70 valence electrons. The van der Waals surface area contributed by atoms with Gasteiger partial charge in [0.05, 0.1) is 0 Å². The second-order valence-electron chi connectivity index (χ2n) is 2.85. The van der Waals surface area contributed by atoms with Crippen LogP contribution in [0.3, 0.4) is 0 Å². The molecule has 0 N–H and O–H groups in total. The van der Waals surface area contributed by atoms with Crippen molar-refractivity contribution < 1.29 is 4.79 Å². The first-order chi connectivity index (χ1) is 6.63. The predicted molar refractivity (Wildman–Crippen MR) is 55.6 cm³/mol. The Balaban J connectivity index is 3.03. The first kappa shape index (κ1) is 10.5. The monoisotopic (exact) mass is 205 g/mol. The van der Waals surface area contributed by atoms with Crippen molar-refractivity contribution >= 4 is 22.9 Å². The summed E-state index contributed by atoms with van der Waals surface area (Å²) in [7, 11) is 0. The van der Waals surface area contributed by atoms with Crippen LogP contribution in [0.25, 0.3) is 6.08 Å². The SMILES string of the molecule is Cc1ccc(/C=C(/C#N)C(=O)Cl)cc1. The van der Waals surface area contributed by atoms with E-state index in [1.165, 1.54) is 6.08 Å². The second kappa shape index (κ2) is 4.59. The number of benzene rings is 1. The Hall–Kier alpha value is -1.59. The lowest BCUT2D eigenvalue weighted by molar-refractivity contribution is -0.108. The van der Waals surface area contributed by atoms with Gasteiger partial charge >= 0.3 is 0 Å². The van der Waals surface area contributed by atoms with E-state index in [2.05, 4.69) is 0 Å². The van der Waals surface area contributed by atoms with Crippen LogP contribution in [-0.2, 0) is 4.79 Å². The summed E-state index contributed by atoms with van der Waals surface area (Å²) in [6.45, 7) is 1.96. The maximum absolute atomic E-state index is 10.7. The Labute approximate surface area is 87.4 Å². The van der Waals surface area contributed by atoms with Crippen LogP contribution < -0.4 is 0 Å². The molecule has 0 aromatic heterocycles. The molecule has 2 nitrogen and oxygen atoms in total. The fraction of sp³-hybridized carbons (Fsp3) is 0.0909. The molecule has 1 rings (SSSR count). The van der Waals surface area contributed by atoms with Crippen molar-refractivity contribution in [3.8, 4) is 6.07 Å². The summed E-state index contributed by atoms with van der Waals surface area (Å²) in [5.74, 6) is 0. The van der Waals surface area contributed by atoms with Gasteiger partial charge in [-0.1, -0.05) is 29.8 Å². The predicted octanol–water partition coefficient (Wildman–Crippen LogP) is 2.67. The van der Waals surface area contributed by atoms with Gasteiger partial charge in [0.2, 0.25) is 0 Å². The standard InChI is InChI=1S/C11H8ClNO/c1-8-2-4-9(5-3-8)6-10(7-13)11(12)14/h2-6H,1H3/b10-6-. The van der Waals surface area contributed by atoms with Crippen LogP contribution in [0.4, 0.5) is 0 Å². The molecule has 1 aromatic rings. The van der Waals surface area contributed by atoms with E-state index in [1.807, 2.05) is 31.2 Å². The van der Waals surface area contributed by atoms with E-state index in [9.17, 15) is 4.79 Å². The van der Waals surface area contributed by atoms with Crippen LogP contribution >= 0.6 is 11.6 Å². The van der Waals surface area contributed by atoms with Crippen LogP contribution in [0.15, 0.2) is 29.8 Å². The maximum Gasteiger partial charge on any atom is 0.262 e. The zero-order valence-electron chi connectivity index (χ0n) is 7.62. The molecule has 0 atom stereocenters. The number of hydrogen-bond acceptors (Lipinski definition) is 2. The van der Waals surface area contributed by atoms with Gasteiger partial charge in [-0.25, -0.2) is 0 Å². The van der Waals surface area contributed by atoms with Crippen LogP contribution in [0.1, 0.15) is 11.1 Å². The Morgan fingerprint density at radius 1 is 1.43 bits per heavy atom. The number of hydrogen-bond donors (Lipinski definition) is 0. The summed E-state index contributed by atoms with van der Waals surface area (Å²) >= 11 is 5.20. The molecule has 0 saturated carbocycles. The molecular weight excluding hydrogens is 198 g/mol. The highest BCUT2D eigenvalue weighted by molar-refractivity contribution is 6.68. The fourth-order valence-electron chi connectivity index (χ4n) is 0.962. The number of rotatable bonds is 2. The van der Waals surface area contributed by atoms with Gasteiger partial charge in [-0.2, -0.15) is 5.26 Å². The number of allylic oxidation sites excluding steroid dienone is 1. The summed E-state index contributed by atoms with van der Waals surface area (Å²) in [6, 6.07) is 9.20. The van der Waals surface area contributed by atoms with Crippen LogP contribution in [0.2, 0.25) is 0 Å². The Morgan fingerprint density at radius 3 is 2.43 bits per heavy atom. The van der Waals surface area contributed by atoms with E-state index in [0.29, 0.717) is 0 Å². The van der Waals surface area contributed by atoms with Gasteiger partial charge in [0.15, 0.2) is 0 Å². The number of carbonyl (C=O) groups excluding carboxylic acids is 1. The summed E-state index contributed by atoms with van der Waals surface area (Å²) in [4.78, 5) is 10.7. The van der Waals surface area contributed by atoms with Crippen molar-refractivity contribution in [3.05, 3.63) is 41.0 Å². The molecular formula is C11H8ClNO. The minimum atomic E-state index is -0.729. The normalized spacial score (nSPS) is 10.8. The van der Waals surface area contributed by atoms with Crippen molar-refractivity contribution in [3.63, 3.8) is 0 Å². The minimum absolute atomic E-state index is 0.0458. The van der Waals surface area contributed by atoms with E-state index >= 15 is 0 Å². The second-order valence-corrected chi connectivity index (χ2v) is 3.20. The van der Waals surface area contributed by atoms with E-state index in [1.54, 1.807) is 6.07 Å². The fourth-order valence-corrected chi connectivity index (χ4v) is 1.06. The average Bonchev–Trinajstić information content (AvgIpc) is 2.16. The van der Waals surface area contributed by atoms with Crippen LogP contribution in [0.5, 0.6) is 0 Å². The third-order valence-corrected chi connectivity index (χ3v) is 1.92. The van der Waals surface area contributed by atoms with Gasteiger partial charge in [0, 0.05) is 0 Å². The van der Waals surface area contributed by atoms with Crippen molar-refractivity contribution in [2.24, 2.45) is 0 Å². The van der Waals surface area contributed by atoms with E-state index in [-0.39, 0.29) is 5.57 Å². The molecule has 0 aliphatic carbocycles. The first-order valence-electron chi connectivity index (χ1n) is 4.02. The van der Waals surface area contributed by atoms with Crippen molar-refractivity contribution in [2.45, 2.75) is 6.92 Å². The van der Waals surface area contributed by atoms with E-state index < -0.39 is 5.24 Å². The smallest absolute Gasteiger partial charge is 0.262 e. The summed E-state index contributed by atoms with van der Waals surface area (Å²) in [5.41, 5.74) is 1.87. The quantitative estimate of drug-likeness (QED) is 0.423. The molecule has 0 unspecified atom stereocenters. The van der Waals surface area contributed by atoms with Crippen molar-refractivity contribution in [2.75, 3.05) is 0 Å². The number of nitrogens with zero attached hydrogens (tertiary/aromatic N) is 1. The number of aryl methyl sites for hydroxylation is 1. The highest BCUT2D eigenvalue weighted by atomic mass is 35.5. The molecule has 0 bridgehead atoms. The molecule has 14 heavy (non-hydrogen) atoms. The number of nitriles is 1. The lowest BCUT2D eigenvalue weighted by Gasteiger charge is -1.95. The van der Waals surface area contributed by atoms with Gasteiger partial charge in [-0.3, -0.25) is 4.79 Å². The third-order valence-electron chi connectivity index (χ3n) is 1.72. The molecule has 0 spiro atoms. The van der Waals surface area contributed by atoms with Crippen LogP contribution in [-0.4, -0.2) is 5.24 Å². The molecule has 0 saturated heterocycles. The zero-order valence-corrected chi connectivity index (χ0v) is 8.38. The zero-order chi connectivity index (χ0) is 10.6. The molecule has 3 heteroatoms. The van der Waals surface area contributed by atoms with Gasteiger partial charge < -0.3 is 0 Å². The van der Waals surface area contributed by atoms with E-state index in [0.717, 1.165) is 11.1 Å². The number of halogens is 1. The minimum Gasteiger partial charge on any atom is -0.275 e.